The van der Waals surface area contributed by atoms with E-state index in [0.29, 0.717) is 30.8 Å². The highest BCUT2D eigenvalue weighted by Crippen LogP contribution is 2.34. The molecule has 2 saturated heterocycles. The zero-order valence-corrected chi connectivity index (χ0v) is 15.4. The van der Waals surface area contributed by atoms with Gasteiger partial charge in [0.05, 0.1) is 17.4 Å². The van der Waals surface area contributed by atoms with E-state index in [0.717, 1.165) is 30.7 Å². The fourth-order valence-corrected chi connectivity index (χ4v) is 4.49. The second kappa shape index (κ2) is 6.64. The number of carbonyl (C=O) groups is 1. The molecule has 2 fully saturated rings. The van der Waals surface area contributed by atoms with Crippen molar-refractivity contribution in [1.82, 2.24) is 25.3 Å². The molecule has 7 nitrogen and oxygen atoms in total. The molecule has 0 bridgehead atoms. The number of aromatic nitrogens is 2. The predicted molar refractivity (Wildman–Crippen MR) is 99.7 cm³/mol. The summed E-state index contributed by atoms with van der Waals surface area (Å²) >= 11 is 0. The second-order valence-electron chi connectivity index (χ2n) is 7.77. The van der Waals surface area contributed by atoms with Gasteiger partial charge in [-0.1, -0.05) is 12.1 Å². The van der Waals surface area contributed by atoms with Crippen LogP contribution in [-0.4, -0.2) is 57.2 Å². The van der Waals surface area contributed by atoms with Crippen molar-refractivity contribution in [2.45, 2.75) is 44.3 Å². The van der Waals surface area contributed by atoms with Crippen molar-refractivity contribution in [2.75, 3.05) is 19.6 Å². The maximum absolute atomic E-state index is 12.3. The van der Waals surface area contributed by atoms with Crippen LogP contribution in [0.2, 0.25) is 0 Å². The highest BCUT2D eigenvalue weighted by Gasteiger charge is 2.44. The molecule has 4 rings (SSSR count). The maximum atomic E-state index is 12.3. The normalized spacial score (nSPS) is 29.2. The van der Waals surface area contributed by atoms with Crippen LogP contribution in [0.15, 0.2) is 30.6 Å². The van der Waals surface area contributed by atoms with Crippen LogP contribution in [0.5, 0.6) is 0 Å². The van der Waals surface area contributed by atoms with Gasteiger partial charge in [0.2, 0.25) is 0 Å². The molecule has 1 aromatic heterocycles. The lowest BCUT2D eigenvalue weighted by atomic mass is 9.85. The number of imidazole rings is 1. The van der Waals surface area contributed by atoms with Crippen molar-refractivity contribution in [1.29, 1.82) is 0 Å². The molecule has 2 aromatic rings. The van der Waals surface area contributed by atoms with Gasteiger partial charge in [-0.2, -0.15) is 0 Å². The topological polar surface area (TPSA) is 82.4 Å². The minimum Gasteiger partial charge on any atom is -0.479 e. The Bertz CT molecular complexity index is 786. The Kier molecular flexibility index (Phi) is 4.46. The highest BCUT2D eigenvalue weighted by molar-refractivity contribution is 5.82. The average molecular weight is 357 g/mol. The van der Waals surface area contributed by atoms with Gasteiger partial charge >= 0.3 is 5.97 Å². The summed E-state index contributed by atoms with van der Waals surface area (Å²) in [5.41, 5.74) is 7.45. The van der Waals surface area contributed by atoms with E-state index in [1.165, 1.54) is 0 Å². The third kappa shape index (κ3) is 2.80. The summed E-state index contributed by atoms with van der Waals surface area (Å²) < 4.78 is 1.88. The monoisotopic (exact) mass is 357 g/mol. The van der Waals surface area contributed by atoms with Crippen molar-refractivity contribution in [3.05, 3.63) is 30.6 Å². The van der Waals surface area contributed by atoms with Crippen LogP contribution in [0.4, 0.5) is 0 Å². The van der Waals surface area contributed by atoms with E-state index in [1.807, 2.05) is 28.8 Å². The standard InChI is InChI=1S/C19H27N5O2/c1-13-15(14(2)22-21-13)11-23-9-7-19(8-10-23,18(25)26)24-12-20-16-5-3-4-6-17(16)24/h3-6,12-15,21-22H,7-11H2,1-2H3,(H,25,26). The number of nitrogens with zero attached hydrogens (tertiary/aromatic N) is 3. The molecule has 140 valence electrons. The van der Waals surface area contributed by atoms with E-state index in [4.69, 9.17) is 0 Å². The number of nitrogens with one attached hydrogen (secondary N) is 2. The number of hydrogen-bond acceptors (Lipinski definition) is 5. The van der Waals surface area contributed by atoms with E-state index in [-0.39, 0.29) is 0 Å². The Morgan fingerprint density at radius 1 is 1.23 bits per heavy atom. The minimum atomic E-state index is -0.907. The van der Waals surface area contributed by atoms with Crippen molar-refractivity contribution < 1.29 is 9.90 Å². The zero-order chi connectivity index (χ0) is 18.3. The largest absolute Gasteiger partial charge is 0.479 e. The van der Waals surface area contributed by atoms with Gasteiger partial charge in [0.25, 0.3) is 0 Å². The summed E-state index contributed by atoms with van der Waals surface area (Å²) in [6.07, 6.45) is 2.89. The fraction of sp³-hybridized carbons (Fsp3) is 0.579. The third-order valence-electron chi connectivity index (χ3n) is 6.29. The molecule has 3 heterocycles. The van der Waals surface area contributed by atoms with Crippen molar-refractivity contribution >= 4 is 17.0 Å². The fourth-order valence-electron chi connectivity index (χ4n) is 4.49. The van der Waals surface area contributed by atoms with Crippen LogP contribution < -0.4 is 10.9 Å². The van der Waals surface area contributed by atoms with Gasteiger partial charge in [-0.3, -0.25) is 10.9 Å². The number of hydrazine groups is 1. The molecule has 1 aromatic carbocycles. The molecule has 0 spiro atoms. The predicted octanol–water partition coefficient (Wildman–Crippen LogP) is 1.41. The van der Waals surface area contributed by atoms with Crippen molar-refractivity contribution in [3.63, 3.8) is 0 Å². The lowest BCUT2D eigenvalue weighted by Crippen LogP contribution is -2.52. The number of para-hydroxylation sites is 2. The first-order chi connectivity index (χ1) is 12.5. The molecular weight excluding hydrogens is 330 g/mol. The molecule has 0 amide bonds. The van der Waals surface area contributed by atoms with E-state index in [2.05, 4.69) is 34.6 Å². The first-order valence-corrected chi connectivity index (χ1v) is 9.41. The van der Waals surface area contributed by atoms with E-state index < -0.39 is 11.5 Å². The van der Waals surface area contributed by atoms with Gasteiger partial charge in [0.15, 0.2) is 0 Å². The molecule has 3 N–H and O–H groups in total. The number of rotatable bonds is 4. The Balaban J connectivity index is 1.54. The van der Waals surface area contributed by atoms with Crippen LogP contribution in [0, 0.1) is 5.92 Å². The van der Waals surface area contributed by atoms with Gasteiger partial charge in [-0.15, -0.1) is 0 Å². The van der Waals surface area contributed by atoms with Crippen molar-refractivity contribution in [3.8, 4) is 0 Å². The Morgan fingerprint density at radius 3 is 2.54 bits per heavy atom. The van der Waals surface area contributed by atoms with Crippen LogP contribution >= 0.6 is 0 Å². The summed E-state index contributed by atoms with van der Waals surface area (Å²) in [5, 5.41) is 10.1. The van der Waals surface area contributed by atoms with Gasteiger partial charge in [0.1, 0.15) is 5.54 Å². The molecule has 2 unspecified atom stereocenters. The van der Waals surface area contributed by atoms with Crippen LogP contribution in [0.1, 0.15) is 26.7 Å². The lowest BCUT2D eigenvalue weighted by molar-refractivity contribution is -0.150. The number of fused-ring (bicyclic) bond motifs is 1. The number of likely N-dealkylation sites (tertiary alicyclic amines) is 1. The Labute approximate surface area is 153 Å². The first kappa shape index (κ1) is 17.5. The lowest BCUT2D eigenvalue weighted by Gasteiger charge is -2.41. The Hall–Kier alpha value is -1.96. The van der Waals surface area contributed by atoms with E-state index in [9.17, 15) is 9.90 Å². The third-order valence-corrected chi connectivity index (χ3v) is 6.29. The van der Waals surface area contributed by atoms with Crippen LogP contribution in [-0.2, 0) is 10.3 Å². The smallest absolute Gasteiger partial charge is 0.330 e. The van der Waals surface area contributed by atoms with Crippen molar-refractivity contribution in [2.24, 2.45) is 5.92 Å². The van der Waals surface area contributed by atoms with Gasteiger partial charge in [-0.25, -0.2) is 9.78 Å². The summed E-state index contributed by atoms with van der Waals surface area (Å²) in [5.74, 6) is -0.229. The molecule has 0 saturated carbocycles. The molecule has 2 atom stereocenters. The molecular formula is C19H27N5O2. The number of carboxylic acid groups (broad SMARTS) is 1. The molecule has 2 aliphatic rings. The summed E-state index contributed by atoms with van der Waals surface area (Å²) in [7, 11) is 0. The SMILES string of the molecule is CC1NNC(C)C1CN1CCC(C(=O)O)(n2cnc3ccccc32)CC1. The molecule has 26 heavy (non-hydrogen) atoms. The van der Waals surface area contributed by atoms with Crippen LogP contribution in [0.25, 0.3) is 11.0 Å². The average Bonchev–Trinajstić information content (AvgIpc) is 3.21. The zero-order valence-electron chi connectivity index (χ0n) is 15.4. The number of piperidine rings is 1. The van der Waals surface area contributed by atoms with Crippen LogP contribution in [0.3, 0.4) is 0 Å². The Morgan fingerprint density at radius 2 is 1.88 bits per heavy atom. The molecule has 0 radical (unpaired) electrons. The number of carboxylic acids is 1. The molecule has 7 heteroatoms. The van der Waals surface area contributed by atoms with Gasteiger partial charge in [0, 0.05) is 37.6 Å². The number of aliphatic carboxylic acids is 1. The highest BCUT2D eigenvalue weighted by atomic mass is 16.4. The van der Waals surface area contributed by atoms with E-state index >= 15 is 0 Å². The number of benzene rings is 1. The minimum absolute atomic E-state index is 0.425. The molecule has 0 aliphatic carbocycles. The first-order valence-electron chi connectivity index (χ1n) is 9.41. The van der Waals surface area contributed by atoms with Gasteiger partial charge < -0.3 is 14.6 Å². The molecule has 2 aliphatic heterocycles. The summed E-state index contributed by atoms with van der Waals surface area (Å²) in [4.78, 5) is 19.1. The van der Waals surface area contributed by atoms with Gasteiger partial charge in [-0.05, 0) is 38.8 Å². The second-order valence-corrected chi connectivity index (χ2v) is 7.77. The quantitative estimate of drug-likeness (QED) is 0.768. The van der Waals surface area contributed by atoms with E-state index in [1.54, 1.807) is 6.33 Å². The summed E-state index contributed by atoms with van der Waals surface area (Å²) in [6.45, 7) is 6.96. The summed E-state index contributed by atoms with van der Waals surface area (Å²) in [6, 6.07) is 8.61. The maximum Gasteiger partial charge on any atom is 0.330 e. The number of hydrogen-bond donors (Lipinski definition) is 3.